The van der Waals surface area contributed by atoms with Crippen molar-refractivity contribution in [3.63, 3.8) is 0 Å². The van der Waals surface area contributed by atoms with E-state index in [4.69, 9.17) is 28.9 Å². The summed E-state index contributed by atoms with van der Waals surface area (Å²) in [5.74, 6) is -0.797. The van der Waals surface area contributed by atoms with E-state index in [2.05, 4.69) is 4.90 Å². The van der Waals surface area contributed by atoms with Gasteiger partial charge in [0, 0.05) is 19.6 Å². The number of nitrogens with zero attached hydrogens (tertiary/aromatic N) is 1. The zero-order valence-electron chi connectivity index (χ0n) is 11.1. The lowest BCUT2D eigenvalue weighted by molar-refractivity contribution is -0.120. The number of aliphatic hydroxyl groups excluding tert-OH is 1. The summed E-state index contributed by atoms with van der Waals surface area (Å²) in [5, 5.41) is 10.4. The maximum Gasteiger partial charge on any atom is 0.226 e. The molecule has 20 heavy (non-hydrogen) atoms. The van der Waals surface area contributed by atoms with Crippen LogP contribution in [0.15, 0.2) is 18.2 Å². The van der Waals surface area contributed by atoms with E-state index in [9.17, 15) is 9.90 Å². The van der Waals surface area contributed by atoms with E-state index in [-0.39, 0.29) is 12.0 Å². The number of hydrogen-bond donors (Lipinski definition) is 2. The van der Waals surface area contributed by atoms with Gasteiger partial charge in [-0.3, -0.25) is 4.79 Å². The summed E-state index contributed by atoms with van der Waals surface area (Å²) in [7, 11) is 0. The molecular weight excluding hydrogens is 299 g/mol. The maximum absolute atomic E-state index is 11.7. The highest BCUT2D eigenvalue weighted by Crippen LogP contribution is 2.27. The summed E-state index contributed by atoms with van der Waals surface area (Å²) in [6, 6.07) is 5.15. The summed E-state index contributed by atoms with van der Waals surface area (Å²) in [6.07, 6.45) is 1.22. The molecule has 0 aliphatic carbocycles. The number of hydrogen-bond acceptors (Lipinski definition) is 3. The van der Waals surface area contributed by atoms with Crippen molar-refractivity contribution in [3.05, 3.63) is 33.8 Å². The first-order valence-electron chi connectivity index (χ1n) is 6.62. The predicted octanol–water partition coefficient (Wildman–Crippen LogP) is 2.02. The Morgan fingerprint density at radius 2 is 2.00 bits per heavy atom. The standard InChI is InChI=1S/C14H18Cl2N2O2/c15-12-2-1-9(7-13(12)16)11(14(17)20)8-18-5-3-10(19)4-6-18/h1-2,7,10-11,19H,3-6,8H2,(H2,17,20)/t11-/m0/s1. The van der Waals surface area contributed by atoms with Crippen LogP contribution in [0.5, 0.6) is 0 Å². The van der Waals surface area contributed by atoms with Crippen molar-refractivity contribution in [1.29, 1.82) is 0 Å². The van der Waals surface area contributed by atoms with Gasteiger partial charge in [0.05, 0.1) is 22.1 Å². The molecule has 0 spiro atoms. The molecular formula is C14H18Cl2N2O2. The minimum absolute atomic E-state index is 0.233. The number of primary amides is 1. The van der Waals surface area contributed by atoms with Gasteiger partial charge >= 0.3 is 0 Å². The smallest absolute Gasteiger partial charge is 0.226 e. The van der Waals surface area contributed by atoms with Gasteiger partial charge in [-0.25, -0.2) is 0 Å². The van der Waals surface area contributed by atoms with E-state index in [0.717, 1.165) is 31.5 Å². The Kier molecular flexibility index (Phi) is 5.27. The molecule has 1 aromatic carbocycles. The molecule has 1 saturated heterocycles. The van der Waals surface area contributed by atoms with Gasteiger partial charge in [0.15, 0.2) is 0 Å². The second kappa shape index (κ2) is 6.76. The van der Waals surface area contributed by atoms with Crippen LogP contribution in [0, 0.1) is 0 Å². The number of aliphatic hydroxyl groups is 1. The molecule has 1 atom stereocenters. The highest BCUT2D eigenvalue weighted by molar-refractivity contribution is 6.42. The lowest BCUT2D eigenvalue weighted by Gasteiger charge is -2.31. The number of carbonyl (C=O) groups is 1. The van der Waals surface area contributed by atoms with Gasteiger partial charge in [0.2, 0.25) is 5.91 Å². The molecule has 0 radical (unpaired) electrons. The quantitative estimate of drug-likeness (QED) is 0.893. The molecule has 0 aromatic heterocycles. The van der Waals surface area contributed by atoms with Crippen LogP contribution in [0.1, 0.15) is 24.3 Å². The molecule has 1 heterocycles. The first-order valence-corrected chi connectivity index (χ1v) is 7.37. The van der Waals surface area contributed by atoms with Crippen LogP contribution in [0.25, 0.3) is 0 Å². The average molecular weight is 317 g/mol. The molecule has 2 rings (SSSR count). The van der Waals surface area contributed by atoms with Gasteiger partial charge in [-0.1, -0.05) is 29.3 Å². The van der Waals surface area contributed by atoms with E-state index in [1.165, 1.54) is 0 Å². The van der Waals surface area contributed by atoms with Gasteiger partial charge in [0.25, 0.3) is 0 Å². The van der Waals surface area contributed by atoms with Gasteiger partial charge in [-0.15, -0.1) is 0 Å². The summed E-state index contributed by atoms with van der Waals surface area (Å²) < 4.78 is 0. The largest absolute Gasteiger partial charge is 0.393 e. The normalized spacial score (nSPS) is 18.9. The fourth-order valence-electron chi connectivity index (χ4n) is 2.45. The molecule has 1 fully saturated rings. The van der Waals surface area contributed by atoms with Crippen molar-refractivity contribution < 1.29 is 9.90 Å². The van der Waals surface area contributed by atoms with Crippen molar-refractivity contribution in [2.24, 2.45) is 5.73 Å². The third-order valence-electron chi connectivity index (χ3n) is 3.69. The topological polar surface area (TPSA) is 66.6 Å². The third kappa shape index (κ3) is 3.85. The Morgan fingerprint density at radius 1 is 1.35 bits per heavy atom. The van der Waals surface area contributed by atoms with E-state index in [0.29, 0.717) is 16.6 Å². The Labute approximate surface area is 128 Å². The molecule has 110 valence electrons. The monoisotopic (exact) mass is 316 g/mol. The highest BCUT2D eigenvalue weighted by atomic mass is 35.5. The molecule has 0 bridgehead atoms. The van der Waals surface area contributed by atoms with Crippen LogP contribution >= 0.6 is 23.2 Å². The van der Waals surface area contributed by atoms with E-state index < -0.39 is 5.92 Å². The number of halogens is 2. The summed E-state index contributed by atoms with van der Waals surface area (Å²) in [6.45, 7) is 2.08. The molecule has 4 nitrogen and oxygen atoms in total. The predicted molar refractivity (Wildman–Crippen MR) is 80.1 cm³/mol. The Balaban J connectivity index is 2.10. The summed E-state index contributed by atoms with van der Waals surface area (Å²) in [4.78, 5) is 13.8. The fraction of sp³-hybridized carbons (Fsp3) is 0.500. The van der Waals surface area contributed by atoms with Crippen LogP contribution in [0.2, 0.25) is 10.0 Å². The number of nitrogens with two attached hydrogens (primary N) is 1. The van der Waals surface area contributed by atoms with Crippen LogP contribution in [-0.4, -0.2) is 41.7 Å². The second-order valence-corrected chi connectivity index (χ2v) is 5.97. The van der Waals surface area contributed by atoms with E-state index >= 15 is 0 Å². The van der Waals surface area contributed by atoms with E-state index in [1.54, 1.807) is 18.2 Å². The number of carbonyl (C=O) groups excluding carboxylic acids is 1. The Hall–Kier alpha value is -0.810. The van der Waals surface area contributed by atoms with Crippen molar-refractivity contribution in [2.45, 2.75) is 24.9 Å². The molecule has 0 saturated carbocycles. The first kappa shape index (κ1) is 15.6. The fourth-order valence-corrected chi connectivity index (χ4v) is 2.76. The van der Waals surface area contributed by atoms with Crippen molar-refractivity contribution in [1.82, 2.24) is 4.90 Å². The Bertz CT molecular complexity index is 488. The number of benzene rings is 1. The molecule has 1 amide bonds. The maximum atomic E-state index is 11.7. The molecule has 0 unspecified atom stereocenters. The second-order valence-electron chi connectivity index (χ2n) is 5.16. The minimum atomic E-state index is -0.417. The van der Waals surface area contributed by atoms with Crippen LogP contribution in [0.4, 0.5) is 0 Å². The Morgan fingerprint density at radius 3 is 2.55 bits per heavy atom. The lowest BCUT2D eigenvalue weighted by atomic mass is 9.96. The van der Waals surface area contributed by atoms with E-state index in [1.807, 2.05) is 0 Å². The number of rotatable bonds is 4. The molecule has 1 aliphatic rings. The molecule has 6 heteroatoms. The average Bonchev–Trinajstić information content (AvgIpc) is 2.41. The summed E-state index contributed by atoms with van der Waals surface area (Å²) in [5.41, 5.74) is 6.29. The van der Waals surface area contributed by atoms with Crippen molar-refractivity contribution >= 4 is 29.1 Å². The van der Waals surface area contributed by atoms with Crippen LogP contribution in [0.3, 0.4) is 0 Å². The third-order valence-corrected chi connectivity index (χ3v) is 4.43. The zero-order valence-corrected chi connectivity index (χ0v) is 12.6. The first-order chi connectivity index (χ1) is 9.47. The SMILES string of the molecule is NC(=O)[C@@H](CN1CCC(O)CC1)c1ccc(Cl)c(Cl)c1. The van der Waals surface area contributed by atoms with Crippen LogP contribution in [-0.2, 0) is 4.79 Å². The number of likely N-dealkylation sites (tertiary alicyclic amines) is 1. The van der Waals surface area contributed by atoms with Gasteiger partial charge in [-0.05, 0) is 30.5 Å². The van der Waals surface area contributed by atoms with Gasteiger partial charge < -0.3 is 15.7 Å². The number of piperidine rings is 1. The molecule has 1 aliphatic heterocycles. The zero-order chi connectivity index (χ0) is 14.7. The highest BCUT2D eigenvalue weighted by Gasteiger charge is 2.25. The van der Waals surface area contributed by atoms with Crippen LogP contribution < -0.4 is 5.73 Å². The van der Waals surface area contributed by atoms with Crippen molar-refractivity contribution in [2.75, 3.05) is 19.6 Å². The molecule has 3 N–H and O–H groups in total. The number of amides is 1. The summed E-state index contributed by atoms with van der Waals surface area (Å²) >= 11 is 11.9. The van der Waals surface area contributed by atoms with Crippen molar-refractivity contribution in [3.8, 4) is 0 Å². The minimum Gasteiger partial charge on any atom is -0.393 e. The van der Waals surface area contributed by atoms with Gasteiger partial charge in [-0.2, -0.15) is 0 Å². The molecule has 1 aromatic rings. The van der Waals surface area contributed by atoms with Gasteiger partial charge in [0.1, 0.15) is 0 Å². The lowest BCUT2D eigenvalue weighted by Crippen LogP contribution is -2.41.